The van der Waals surface area contributed by atoms with Gasteiger partial charge in [0.15, 0.2) is 0 Å². The quantitative estimate of drug-likeness (QED) is 0.653. The van der Waals surface area contributed by atoms with Crippen LogP contribution < -0.4 is 0 Å². The summed E-state index contributed by atoms with van der Waals surface area (Å²) in [7, 11) is 0. The predicted octanol–water partition coefficient (Wildman–Crippen LogP) is 3.42. The van der Waals surface area contributed by atoms with Crippen LogP contribution in [0.25, 0.3) is 0 Å². The number of aliphatic hydroxyl groups excluding tert-OH is 1. The maximum atomic E-state index is 9.76. The van der Waals surface area contributed by atoms with Crippen molar-refractivity contribution in [2.45, 2.75) is 59.0 Å². The van der Waals surface area contributed by atoms with Gasteiger partial charge in [-0.1, -0.05) is 46.6 Å². The van der Waals surface area contributed by atoms with Gasteiger partial charge in [0.05, 0.1) is 17.7 Å². The molecule has 0 radical (unpaired) electrons. The molecule has 2 heteroatoms. The first-order chi connectivity index (χ1) is 6.99. The molecule has 0 aliphatic carbocycles. The zero-order valence-corrected chi connectivity index (χ0v) is 10.2. The van der Waals surface area contributed by atoms with Crippen molar-refractivity contribution < 1.29 is 5.11 Å². The first kappa shape index (κ1) is 14.2. The second-order valence-electron chi connectivity index (χ2n) is 4.62. The smallest absolute Gasteiger partial charge is 0.0968 e. The summed E-state index contributed by atoms with van der Waals surface area (Å²) in [5.41, 5.74) is 0.418. The van der Waals surface area contributed by atoms with E-state index in [9.17, 15) is 5.11 Å². The number of unbranched alkanes of at least 4 members (excludes halogenated alkanes) is 1. The Hall–Kier alpha value is -0.810. The van der Waals surface area contributed by atoms with E-state index in [0.29, 0.717) is 6.42 Å². The van der Waals surface area contributed by atoms with Crippen LogP contribution in [0, 0.1) is 16.7 Å². The van der Waals surface area contributed by atoms with Gasteiger partial charge in [0.25, 0.3) is 0 Å². The van der Waals surface area contributed by atoms with Crippen LogP contribution in [-0.4, -0.2) is 11.2 Å². The fourth-order valence-electron chi connectivity index (χ4n) is 1.69. The number of hydrogen-bond acceptors (Lipinski definition) is 2. The van der Waals surface area contributed by atoms with Crippen LogP contribution in [0.1, 0.15) is 52.9 Å². The van der Waals surface area contributed by atoms with E-state index >= 15 is 0 Å². The monoisotopic (exact) mass is 209 g/mol. The first-order valence-corrected chi connectivity index (χ1v) is 5.76. The van der Waals surface area contributed by atoms with E-state index in [1.165, 1.54) is 12.8 Å². The van der Waals surface area contributed by atoms with Crippen molar-refractivity contribution in [3.63, 3.8) is 0 Å². The topological polar surface area (TPSA) is 44.0 Å². The minimum Gasteiger partial charge on any atom is -0.388 e. The van der Waals surface area contributed by atoms with Gasteiger partial charge in [-0.3, -0.25) is 0 Å². The van der Waals surface area contributed by atoms with Gasteiger partial charge in [0.1, 0.15) is 0 Å². The van der Waals surface area contributed by atoms with Crippen LogP contribution in [0.5, 0.6) is 0 Å². The zero-order valence-electron chi connectivity index (χ0n) is 10.2. The highest BCUT2D eigenvalue weighted by molar-refractivity contribution is 5.20. The minimum atomic E-state index is -0.670. The Kier molecular flexibility index (Phi) is 6.27. The molecule has 2 unspecified atom stereocenters. The molecule has 0 aliphatic heterocycles. The Morgan fingerprint density at radius 3 is 2.53 bits per heavy atom. The SMILES string of the molecule is C=C(C#N)C(O)CC(C)(CC)CCCC. The fourth-order valence-corrected chi connectivity index (χ4v) is 1.69. The molecule has 2 nitrogen and oxygen atoms in total. The summed E-state index contributed by atoms with van der Waals surface area (Å²) in [5, 5.41) is 18.4. The Labute approximate surface area is 93.6 Å². The summed E-state index contributed by atoms with van der Waals surface area (Å²) >= 11 is 0. The number of rotatable bonds is 7. The summed E-state index contributed by atoms with van der Waals surface area (Å²) in [4.78, 5) is 0. The summed E-state index contributed by atoms with van der Waals surface area (Å²) in [6.07, 6.45) is 4.46. The molecule has 0 aromatic rings. The number of hydrogen-bond donors (Lipinski definition) is 1. The van der Waals surface area contributed by atoms with Crippen molar-refractivity contribution in [1.29, 1.82) is 5.26 Å². The number of aliphatic hydroxyl groups is 1. The van der Waals surface area contributed by atoms with Crippen molar-refractivity contribution in [3.8, 4) is 6.07 Å². The molecule has 0 heterocycles. The van der Waals surface area contributed by atoms with Gasteiger partial charge in [-0.15, -0.1) is 0 Å². The standard InChI is InChI=1S/C13H23NO/c1-5-7-8-13(4,6-2)9-12(15)11(3)10-14/h12,15H,3,5-9H2,1-2,4H3. The van der Waals surface area contributed by atoms with Crippen LogP contribution in [-0.2, 0) is 0 Å². The molecule has 0 rings (SSSR count). The second-order valence-corrected chi connectivity index (χ2v) is 4.62. The van der Waals surface area contributed by atoms with E-state index in [1.54, 1.807) is 0 Å². The molecule has 0 spiro atoms. The Morgan fingerprint density at radius 2 is 2.13 bits per heavy atom. The lowest BCUT2D eigenvalue weighted by atomic mass is 9.77. The molecule has 0 bridgehead atoms. The van der Waals surface area contributed by atoms with Gasteiger partial charge < -0.3 is 5.11 Å². The summed E-state index contributed by atoms with van der Waals surface area (Å²) in [5.74, 6) is 0. The highest BCUT2D eigenvalue weighted by Crippen LogP contribution is 2.34. The molecule has 0 amide bonds. The van der Waals surface area contributed by atoms with E-state index in [0.717, 1.165) is 12.8 Å². The van der Waals surface area contributed by atoms with Crippen molar-refractivity contribution in [3.05, 3.63) is 12.2 Å². The fraction of sp³-hybridized carbons (Fsp3) is 0.769. The lowest BCUT2D eigenvalue weighted by Gasteiger charge is -2.30. The van der Waals surface area contributed by atoms with Crippen molar-refractivity contribution in [2.75, 3.05) is 0 Å². The Morgan fingerprint density at radius 1 is 1.53 bits per heavy atom. The van der Waals surface area contributed by atoms with Crippen molar-refractivity contribution in [1.82, 2.24) is 0 Å². The third-order valence-electron chi connectivity index (χ3n) is 3.22. The summed E-state index contributed by atoms with van der Waals surface area (Å²) < 4.78 is 0. The van der Waals surface area contributed by atoms with Gasteiger partial charge >= 0.3 is 0 Å². The van der Waals surface area contributed by atoms with Crippen LogP contribution in [0.3, 0.4) is 0 Å². The highest BCUT2D eigenvalue weighted by atomic mass is 16.3. The largest absolute Gasteiger partial charge is 0.388 e. The lowest BCUT2D eigenvalue weighted by Crippen LogP contribution is -2.24. The Bertz CT molecular complexity index is 241. The molecule has 2 atom stereocenters. The molecule has 0 aromatic carbocycles. The summed E-state index contributed by atoms with van der Waals surface area (Å²) in [6, 6.07) is 1.92. The van der Waals surface area contributed by atoms with Crippen LogP contribution in [0.2, 0.25) is 0 Å². The van der Waals surface area contributed by atoms with Crippen molar-refractivity contribution in [2.24, 2.45) is 5.41 Å². The van der Waals surface area contributed by atoms with E-state index in [2.05, 4.69) is 27.4 Å². The first-order valence-electron chi connectivity index (χ1n) is 5.76. The lowest BCUT2D eigenvalue weighted by molar-refractivity contribution is 0.124. The van der Waals surface area contributed by atoms with Gasteiger partial charge in [-0.05, 0) is 18.3 Å². The zero-order chi connectivity index (χ0) is 11.9. The molecule has 86 valence electrons. The maximum Gasteiger partial charge on any atom is 0.0968 e. The molecule has 0 saturated heterocycles. The molecule has 1 N–H and O–H groups in total. The minimum absolute atomic E-state index is 0.134. The number of nitriles is 1. The van der Waals surface area contributed by atoms with Crippen LogP contribution in [0.4, 0.5) is 0 Å². The van der Waals surface area contributed by atoms with E-state index < -0.39 is 6.10 Å². The van der Waals surface area contributed by atoms with Gasteiger partial charge in [-0.2, -0.15) is 5.26 Å². The number of nitrogens with zero attached hydrogens (tertiary/aromatic N) is 1. The third kappa shape index (κ3) is 4.99. The normalized spacial score (nSPS) is 16.5. The predicted molar refractivity (Wildman–Crippen MR) is 63.3 cm³/mol. The van der Waals surface area contributed by atoms with E-state index in [-0.39, 0.29) is 11.0 Å². The summed E-state index contributed by atoms with van der Waals surface area (Å²) in [6.45, 7) is 10.0. The van der Waals surface area contributed by atoms with Crippen LogP contribution in [0.15, 0.2) is 12.2 Å². The molecular weight excluding hydrogens is 186 g/mol. The van der Waals surface area contributed by atoms with Crippen molar-refractivity contribution >= 4 is 0 Å². The average Bonchev–Trinajstić information content (AvgIpc) is 2.25. The molecule has 0 saturated carbocycles. The molecule has 15 heavy (non-hydrogen) atoms. The van der Waals surface area contributed by atoms with E-state index in [4.69, 9.17) is 5.26 Å². The maximum absolute atomic E-state index is 9.76. The molecular formula is C13H23NO. The molecule has 0 aliphatic rings. The highest BCUT2D eigenvalue weighted by Gasteiger charge is 2.26. The third-order valence-corrected chi connectivity index (χ3v) is 3.22. The van der Waals surface area contributed by atoms with Gasteiger partial charge in [-0.25, -0.2) is 0 Å². The average molecular weight is 209 g/mol. The van der Waals surface area contributed by atoms with Gasteiger partial charge in [0, 0.05) is 0 Å². The molecule has 0 aromatic heterocycles. The Balaban J connectivity index is 4.30. The van der Waals surface area contributed by atoms with Crippen LogP contribution >= 0.6 is 0 Å². The molecule has 0 fully saturated rings. The van der Waals surface area contributed by atoms with Gasteiger partial charge in [0.2, 0.25) is 0 Å². The van der Waals surface area contributed by atoms with E-state index in [1.807, 2.05) is 6.07 Å². The second kappa shape index (κ2) is 6.63.